The summed E-state index contributed by atoms with van der Waals surface area (Å²) in [6.07, 6.45) is 3.36. The summed E-state index contributed by atoms with van der Waals surface area (Å²) >= 11 is 13.8. The number of carbonyl (C=O) groups excluding carboxylic acids is 1. The number of carbonyl (C=O) groups is 1. The van der Waals surface area contributed by atoms with Crippen LogP contribution < -0.4 is 0 Å². The lowest BCUT2D eigenvalue weighted by Crippen LogP contribution is -2.36. The second-order valence-corrected chi connectivity index (χ2v) is 7.51. The SMILES string of the molecule is O=C(c1cccc(CSc2cccc(Cl)c2Cl)n1)N1CCCCC1. The summed E-state index contributed by atoms with van der Waals surface area (Å²) in [6, 6.07) is 11.2. The molecule has 1 aliphatic rings. The Labute approximate surface area is 156 Å². The van der Waals surface area contributed by atoms with Crippen LogP contribution in [0.3, 0.4) is 0 Å². The molecule has 1 aliphatic heterocycles. The molecule has 0 radical (unpaired) electrons. The second kappa shape index (κ2) is 8.24. The summed E-state index contributed by atoms with van der Waals surface area (Å²) in [5.74, 6) is 0.670. The van der Waals surface area contributed by atoms with Crippen molar-refractivity contribution in [3.63, 3.8) is 0 Å². The molecule has 0 saturated carbocycles. The Morgan fingerprint density at radius 1 is 1.08 bits per heavy atom. The molecule has 3 rings (SSSR count). The normalized spacial score (nSPS) is 14.7. The Balaban J connectivity index is 1.69. The van der Waals surface area contributed by atoms with E-state index in [4.69, 9.17) is 23.2 Å². The second-order valence-electron chi connectivity index (χ2n) is 5.71. The molecule has 0 atom stereocenters. The van der Waals surface area contributed by atoms with Crippen LogP contribution in [0.4, 0.5) is 0 Å². The quantitative estimate of drug-likeness (QED) is 0.674. The van der Waals surface area contributed by atoms with Crippen LogP contribution in [0.5, 0.6) is 0 Å². The van der Waals surface area contributed by atoms with E-state index in [0.29, 0.717) is 21.5 Å². The van der Waals surface area contributed by atoms with Crippen LogP contribution >= 0.6 is 35.0 Å². The summed E-state index contributed by atoms with van der Waals surface area (Å²) in [5.41, 5.74) is 1.38. The highest BCUT2D eigenvalue weighted by atomic mass is 35.5. The molecule has 1 fully saturated rings. The van der Waals surface area contributed by atoms with Gasteiger partial charge in [0, 0.05) is 23.7 Å². The zero-order chi connectivity index (χ0) is 16.9. The smallest absolute Gasteiger partial charge is 0.272 e. The van der Waals surface area contributed by atoms with Gasteiger partial charge in [0.15, 0.2) is 0 Å². The fraction of sp³-hybridized carbons (Fsp3) is 0.333. The van der Waals surface area contributed by atoms with Crippen LogP contribution in [-0.4, -0.2) is 28.9 Å². The maximum absolute atomic E-state index is 12.5. The van der Waals surface area contributed by atoms with Crippen molar-refractivity contribution in [2.24, 2.45) is 0 Å². The molecule has 1 saturated heterocycles. The average molecular weight is 381 g/mol. The third kappa shape index (κ3) is 4.24. The summed E-state index contributed by atoms with van der Waals surface area (Å²) in [4.78, 5) is 19.9. The molecule has 24 heavy (non-hydrogen) atoms. The van der Waals surface area contributed by atoms with E-state index in [1.165, 1.54) is 6.42 Å². The maximum atomic E-state index is 12.5. The number of amides is 1. The fourth-order valence-electron chi connectivity index (χ4n) is 2.69. The lowest BCUT2D eigenvalue weighted by molar-refractivity contribution is 0.0718. The minimum Gasteiger partial charge on any atom is -0.337 e. The molecular formula is C18H18Cl2N2OS. The van der Waals surface area contributed by atoms with Crippen LogP contribution in [0.1, 0.15) is 35.4 Å². The third-order valence-electron chi connectivity index (χ3n) is 3.96. The van der Waals surface area contributed by atoms with Crippen molar-refractivity contribution in [3.05, 3.63) is 57.8 Å². The predicted octanol–water partition coefficient (Wildman–Crippen LogP) is 5.31. The van der Waals surface area contributed by atoms with Gasteiger partial charge in [0.05, 0.1) is 15.7 Å². The van der Waals surface area contributed by atoms with E-state index >= 15 is 0 Å². The zero-order valence-electron chi connectivity index (χ0n) is 13.2. The average Bonchev–Trinajstić information content (AvgIpc) is 2.63. The van der Waals surface area contributed by atoms with Gasteiger partial charge < -0.3 is 4.90 Å². The first-order chi connectivity index (χ1) is 11.6. The molecule has 1 amide bonds. The van der Waals surface area contributed by atoms with Crippen molar-refractivity contribution in [1.82, 2.24) is 9.88 Å². The van der Waals surface area contributed by atoms with Crippen molar-refractivity contribution in [2.75, 3.05) is 13.1 Å². The topological polar surface area (TPSA) is 33.2 Å². The number of hydrogen-bond acceptors (Lipinski definition) is 3. The van der Waals surface area contributed by atoms with Crippen molar-refractivity contribution < 1.29 is 4.79 Å². The van der Waals surface area contributed by atoms with Gasteiger partial charge in [-0.1, -0.05) is 35.3 Å². The van der Waals surface area contributed by atoms with Crippen molar-refractivity contribution >= 4 is 40.9 Å². The molecular weight excluding hydrogens is 363 g/mol. The van der Waals surface area contributed by atoms with Gasteiger partial charge in [-0.2, -0.15) is 0 Å². The van der Waals surface area contributed by atoms with Gasteiger partial charge >= 0.3 is 0 Å². The number of benzene rings is 1. The monoisotopic (exact) mass is 380 g/mol. The molecule has 1 aromatic carbocycles. The van der Waals surface area contributed by atoms with Gasteiger partial charge in [0.2, 0.25) is 0 Å². The zero-order valence-corrected chi connectivity index (χ0v) is 15.5. The third-order valence-corrected chi connectivity index (χ3v) is 5.98. The van der Waals surface area contributed by atoms with Crippen LogP contribution in [0.15, 0.2) is 41.3 Å². The number of rotatable bonds is 4. The van der Waals surface area contributed by atoms with Gasteiger partial charge in [-0.3, -0.25) is 4.79 Å². The molecule has 3 nitrogen and oxygen atoms in total. The number of pyridine rings is 1. The first-order valence-electron chi connectivity index (χ1n) is 7.97. The van der Waals surface area contributed by atoms with Gasteiger partial charge in [-0.15, -0.1) is 11.8 Å². The highest BCUT2D eigenvalue weighted by molar-refractivity contribution is 7.98. The molecule has 0 bridgehead atoms. The number of likely N-dealkylation sites (tertiary alicyclic amines) is 1. The minimum absolute atomic E-state index is 0.0299. The predicted molar refractivity (Wildman–Crippen MR) is 100 cm³/mol. The van der Waals surface area contributed by atoms with Gasteiger partial charge in [0.25, 0.3) is 5.91 Å². The highest BCUT2D eigenvalue weighted by Gasteiger charge is 2.19. The number of halogens is 2. The lowest BCUT2D eigenvalue weighted by Gasteiger charge is -2.26. The molecule has 0 unspecified atom stereocenters. The van der Waals surface area contributed by atoms with E-state index in [1.54, 1.807) is 23.9 Å². The molecule has 126 valence electrons. The van der Waals surface area contributed by atoms with Crippen LogP contribution in [0, 0.1) is 0 Å². The standard InChI is InChI=1S/C18H18Cl2N2OS/c19-14-7-5-9-16(17(14)20)24-12-13-6-4-8-15(21-13)18(23)22-10-2-1-3-11-22/h4-9H,1-3,10-12H2. The number of piperidine rings is 1. The van der Waals surface area contributed by atoms with E-state index in [2.05, 4.69) is 4.98 Å². The number of hydrogen-bond donors (Lipinski definition) is 0. The Bertz CT molecular complexity index is 733. The Hall–Kier alpha value is -1.23. The first-order valence-corrected chi connectivity index (χ1v) is 9.71. The lowest BCUT2D eigenvalue weighted by atomic mass is 10.1. The molecule has 2 aromatic rings. The van der Waals surface area contributed by atoms with Crippen molar-refractivity contribution in [2.45, 2.75) is 29.9 Å². The molecule has 0 N–H and O–H groups in total. The first kappa shape index (κ1) is 17.6. The number of thioether (sulfide) groups is 1. The molecule has 1 aromatic heterocycles. The van der Waals surface area contributed by atoms with Gasteiger partial charge in [-0.25, -0.2) is 4.98 Å². The van der Waals surface area contributed by atoms with Crippen molar-refractivity contribution in [3.8, 4) is 0 Å². The summed E-state index contributed by atoms with van der Waals surface area (Å²) in [5, 5.41) is 1.10. The Kier molecular flexibility index (Phi) is 6.04. The highest BCUT2D eigenvalue weighted by Crippen LogP contribution is 2.34. The van der Waals surface area contributed by atoms with E-state index in [1.807, 2.05) is 29.2 Å². The van der Waals surface area contributed by atoms with Crippen LogP contribution in [-0.2, 0) is 5.75 Å². The van der Waals surface area contributed by atoms with E-state index in [9.17, 15) is 4.79 Å². The Morgan fingerprint density at radius 2 is 1.83 bits per heavy atom. The van der Waals surface area contributed by atoms with Gasteiger partial charge in [0.1, 0.15) is 5.69 Å². The largest absolute Gasteiger partial charge is 0.337 e. The van der Waals surface area contributed by atoms with E-state index in [0.717, 1.165) is 36.5 Å². The van der Waals surface area contributed by atoms with Crippen molar-refractivity contribution in [1.29, 1.82) is 0 Å². The number of aromatic nitrogens is 1. The molecule has 0 aliphatic carbocycles. The number of nitrogens with zero attached hydrogens (tertiary/aromatic N) is 2. The van der Waals surface area contributed by atoms with Crippen LogP contribution in [0.25, 0.3) is 0 Å². The summed E-state index contributed by atoms with van der Waals surface area (Å²) in [6.45, 7) is 1.66. The minimum atomic E-state index is 0.0299. The van der Waals surface area contributed by atoms with E-state index in [-0.39, 0.29) is 5.91 Å². The van der Waals surface area contributed by atoms with Crippen LogP contribution in [0.2, 0.25) is 10.0 Å². The van der Waals surface area contributed by atoms with E-state index < -0.39 is 0 Å². The van der Waals surface area contributed by atoms with Gasteiger partial charge in [-0.05, 0) is 43.5 Å². The molecule has 2 heterocycles. The molecule has 0 spiro atoms. The Morgan fingerprint density at radius 3 is 2.62 bits per heavy atom. The molecule has 6 heteroatoms. The summed E-state index contributed by atoms with van der Waals surface area (Å²) < 4.78 is 0. The summed E-state index contributed by atoms with van der Waals surface area (Å²) in [7, 11) is 0. The fourth-order valence-corrected chi connectivity index (χ4v) is 4.08. The maximum Gasteiger partial charge on any atom is 0.272 e.